The van der Waals surface area contributed by atoms with E-state index in [-0.39, 0.29) is 23.0 Å². The molecule has 2 saturated heterocycles. The van der Waals surface area contributed by atoms with E-state index in [0.29, 0.717) is 5.75 Å². The molecule has 32 heavy (non-hydrogen) atoms. The Balaban J connectivity index is 1.86. The second-order valence-corrected chi connectivity index (χ2v) is 9.14. The van der Waals surface area contributed by atoms with Crippen LogP contribution in [0, 0.1) is 17.8 Å². The van der Waals surface area contributed by atoms with Gasteiger partial charge in [-0.25, -0.2) is 4.90 Å². The number of anilines is 1. The van der Waals surface area contributed by atoms with E-state index in [1.165, 1.54) is 0 Å². The first-order valence-corrected chi connectivity index (χ1v) is 10.9. The lowest BCUT2D eigenvalue weighted by Crippen LogP contribution is -2.56. The number of aliphatic carboxylic acids is 1. The zero-order valence-electron chi connectivity index (χ0n) is 18.0. The van der Waals surface area contributed by atoms with E-state index in [4.69, 9.17) is 16.3 Å². The number of imide groups is 1. The van der Waals surface area contributed by atoms with E-state index in [1.54, 1.807) is 55.6 Å². The number of ether oxygens (including phenoxy) is 1. The first-order chi connectivity index (χ1) is 15.2. The quantitative estimate of drug-likeness (QED) is 0.644. The summed E-state index contributed by atoms with van der Waals surface area (Å²) in [6, 6.07) is 13.0. The number of nitrogens with one attached hydrogen (secondary N) is 1. The van der Waals surface area contributed by atoms with Gasteiger partial charge in [0.05, 0.1) is 29.7 Å². The summed E-state index contributed by atoms with van der Waals surface area (Å²) in [7, 11) is 1.55. The molecule has 7 nitrogen and oxygen atoms in total. The monoisotopic (exact) mass is 456 g/mol. The van der Waals surface area contributed by atoms with Crippen LogP contribution < -0.4 is 15.0 Å². The van der Waals surface area contributed by atoms with E-state index in [9.17, 15) is 19.5 Å². The number of benzene rings is 2. The molecule has 0 aliphatic carbocycles. The highest BCUT2D eigenvalue weighted by Gasteiger charge is 2.68. The van der Waals surface area contributed by atoms with Crippen LogP contribution in [0.15, 0.2) is 48.5 Å². The molecule has 2 aromatic carbocycles. The van der Waals surface area contributed by atoms with Crippen LogP contribution in [0.5, 0.6) is 5.75 Å². The molecule has 4 atom stereocenters. The number of hydrogen-bond donors (Lipinski definition) is 2. The number of methoxy groups -OCH3 is 1. The standard InChI is InChI=1S/C24H25ClN2O5/c1-13(2)12-24(23(30)31)19-18(20(26-24)14-8-10-15(32-3)11-9-14)21(28)27(22(19)29)17-7-5-4-6-16(17)25/h4-11,13,18-20,26H,12H2,1-3H3,(H,30,31)/t18-,19+,20+,24+/m1/s1. The maximum atomic E-state index is 13.7. The van der Waals surface area contributed by atoms with Gasteiger partial charge in [0.25, 0.3) is 0 Å². The number of carbonyl (C=O) groups is 3. The van der Waals surface area contributed by atoms with Crippen molar-refractivity contribution >= 4 is 35.1 Å². The Labute approximate surface area is 191 Å². The molecule has 2 amide bonds. The molecule has 168 valence electrons. The number of carboxylic acids is 1. The number of halogens is 1. The van der Waals surface area contributed by atoms with Gasteiger partial charge in [-0.05, 0) is 42.2 Å². The number of para-hydroxylation sites is 1. The summed E-state index contributed by atoms with van der Waals surface area (Å²) in [4.78, 5) is 41.0. The van der Waals surface area contributed by atoms with Crippen molar-refractivity contribution < 1.29 is 24.2 Å². The van der Waals surface area contributed by atoms with Crippen LogP contribution in [0.4, 0.5) is 5.69 Å². The smallest absolute Gasteiger partial charge is 0.324 e. The molecular weight excluding hydrogens is 432 g/mol. The highest BCUT2D eigenvalue weighted by molar-refractivity contribution is 6.36. The summed E-state index contributed by atoms with van der Waals surface area (Å²) in [5.41, 5.74) is -0.586. The van der Waals surface area contributed by atoms with Crippen molar-refractivity contribution in [3.63, 3.8) is 0 Å². The van der Waals surface area contributed by atoms with Gasteiger partial charge in [0.2, 0.25) is 11.8 Å². The first kappa shape index (κ1) is 22.3. The molecule has 0 bridgehead atoms. The fraction of sp³-hybridized carbons (Fsp3) is 0.375. The molecule has 2 aliphatic heterocycles. The summed E-state index contributed by atoms with van der Waals surface area (Å²) >= 11 is 6.30. The zero-order chi connectivity index (χ0) is 23.2. The average Bonchev–Trinajstić information content (AvgIpc) is 3.23. The molecule has 8 heteroatoms. The van der Waals surface area contributed by atoms with Crippen LogP contribution >= 0.6 is 11.6 Å². The Bertz CT molecular complexity index is 1070. The van der Waals surface area contributed by atoms with Gasteiger partial charge in [0.1, 0.15) is 11.3 Å². The Morgan fingerprint density at radius 2 is 1.81 bits per heavy atom. The van der Waals surface area contributed by atoms with E-state index >= 15 is 0 Å². The average molecular weight is 457 g/mol. The van der Waals surface area contributed by atoms with Crippen molar-refractivity contribution in [1.82, 2.24) is 5.32 Å². The Hall–Kier alpha value is -2.90. The molecule has 0 saturated carbocycles. The molecule has 0 spiro atoms. The maximum Gasteiger partial charge on any atom is 0.324 e. The fourth-order valence-corrected chi connectivity index (χ4v) is 5.31. The molecule has 0 unspecified atom stereocenters. The fourth-order valence-electron chi connectivity index (χ4n) is 5.09. The van der Waals surface area contributed by atoms with E-state index in [2.05, 4.69) is 5.32 Å². The molecule has 2 N–H and O–H groups in total. The molecule has 0 radical (unpaired) electrons. The van der Waals surface area contributed by atoms with Crippen molar-refractivity contribution in [1.29, 1.82) is 0 Å². The number of carboxylic acid groups (broad SMARTS) is 1. The Morgan fingerprint density at radius 3 is 2.38 bits per heavy atom. The summed E-state index contributed by atoms with van der Waals surface area (Å²) < 4.78 is 5.22. The van der Waals surface area contributed by atoms with Crippen molar-refractivity contribution in [2.45, 2.75) is 31.8 Å². The normalized spacial score (nSPS) is 27.2. The number of carbonyl (C=O) groups excluding carboxylic acids is 2. The molecule has 0 aromatic heterocycles. The number of nitrogens with zero attached hydrogens (tertiary/aromatic N) is 1. The van der Waals surface area contributed by atoms with Gasteiger partial charge in [-0.1, -0.05) is 49.7 Å². The largest absolute Gasteiger partial charge is 0.497 e. The second kappa shape index (κ2) is 8.22. The predicted molar refractivity (Wildman–Crippen MR) is 120 cm³/mol. The third kappa shape index (κ3) is 3.36. The number of rotatable bonds is 6. The lowest BCUT2D eigenvalue weighted by Gasteiger charge is -2.32. The minimum atomic E-state index is -1.58. The highest BCUT2D eigenvalue weighted by atomic mass is 35.5. The minimum Gasteiger partial charge on any atom is -0.497 e. The number of hydrogen-bond acceptors (Lipinski definition) is 5. The van der Waals surface area contributed by atoms with Gasteiger partial charge in [-0.2, -0.15) is 0 Å². The third-order valence-corrected chi connectivity index (χ3v) is 6.65. The van der Waals surface area contributed by atoms with Crippen LogP contribution in [0.3, 0.4) is 0 Å². The van der Waals surface area contributed by atoms with Crippen LogP contribution in [-0.2, 0) is 14.4 Å². The highest BCUT2D eigenvalue weighted by Crippen LogP contribution is 2.52. The lowest BCUT2D eigenvalue weighted by molar-refractivity contribution is -0.149. The van der Waals surface area contributed by atoms with Gasteiger partial charge in [0.15, 0.2) is 0 Å². The summed E-state index contributed by atoms with van der Waals surface area (Å²) in [5, 5.41) is 13.8. The number of amides is 2. The zero-order valence-corrected chi connectivity index (χ0v) is 18.8. The van der Waals surface area contributed by atoms with Crippen LogP contribution in [-0.4, -0.2) is 35.5 Å². The molecule has 2 heterocycles. The minimum absolute atomic E-state index is 0.0221. The summed E-state index contributed by atoms with van der Waals surface area (Å²) in [6.07, 6.45) is 0.200. The van der Waals surface area contributed by atoms with E-state index in [1.807, 2.05) is 13.8 Å². The van der Waals surface area contributed by atoms with Crippen molar-refractivity contribution in [3.05, 3.63) is 59.1 Å². The molecule has 2 fully saturated rings. The Kier molecular flexibility index (Phi) is 5.73. The SMILES string of the molecule is COc1ccc([C@@H]2N[C@](CC(C)C)(C(=O)O)[C@@H]3C(=O)N(c4ccccc4Cl)C(=O)[C@H]32)cc1. The lowest BCUT2D eigenvalue weighted by atomic mass is 9.75. The van der Waals surface area contributed by atoms with E-state index in [0.717, 1.165) is 10.5 Å². The summed E-state index contributed by atoms with van der Waals surface area (Å²) in [5.74, 6) is -3.44. The van der Waals surface area contributed by atoms with Gasteiger partial charge >= 0.3 is 5.97 Å². The molecular formula is C24H25ClN2O5. The van der Waals surface area contributed by atoms with Crippen molar-refractivity contribution in [2.75, 3.05) is 12.0 Å². The van der Waals surface area contributed by atoms with Gasteiger partial charge < -0.3 is 9.84 Å². The van der Waals surface area contributed by atoms with Gasteiger partial charge in [0, 0.05) is 6.04 Å². The third-order valence-electron chi connectivity index (χ3n) is 6.33. The van der Waals surface area contributed by atoms with Crippen LogP contribution in [0.2, 0.25) is 5.02 Å². The first-order valence-electron chi connectivity index (χ1n) is 10.5. The predicted octanol–water partition coefficient (Wildman–Crippen LogP) is 3.67. The molecule has 2 aromatic rings. The van der Waals surface area contributed by atoms with Gasteiger partial charge in [-0.3, -0.25) is 19.7 Å². The van der Waals surface area contributed by atoms with E-state index < -0.39 is 41.2 Å². The topological polar surface area (TPSA) is 95.9 Å². The number of fused-ring (bicyclic) bond motifs is 1. The second-order valence-electron chi connectivity index (χ2n) is 8.74. The molecule has 2 aliphatic rings. The van der Waals surface area contributed by atoms with Crippen molar-refractivity contribution in [3.8, 4) is 5.75 Å². The molecule has 4 rings (SSSR count). The van der Waals surface area contributed by atoms with Crippen LogP contribution in [0.1, 0.15) is 31.9 Å². The maximum absolute atomic E-state index is 13.7. The Morgan fingerprint density at radius 1 is 1.16 bits per heavy atom. The summed E-state index contributed by atoms with van der Waals surface area (Å²) in [6.45, 7) is 3.80. The van der Waals surface area contributed by atoms with Crippen LogP contribution in [0.25, 0.3) is 0 Å². The van der Waals surface area contributed by atoms with Crippen molar-refractivity contribution in [2.24, 2.45) is 17.8 Å². The van der Waals surface area contributed by atoms with Gasteiger partial charge in [-0.15, -0.1) is 0 Å².